The number of ether oxygens (including phenoxy) is 1. The minimum absolute atomic E-state index is 0.162. The minimum atomic E-state index is -0.162. The number of hydrogen-bond donors (Lipinski definition) is 0. The fourth-order valence-corrected chi connectivity index (χ4v) is 2.84. The van der Waals surface area contributed by atoms with E-state index in [1.54, 1.807) is 12.1 Å². The van der Waals surface area contributed by atoms with Gasteiger partial charge in [-0.25, -0.2) is 0 Å². The van der Waals surface area contributed by atoms with E-state index in [0.29, 0.717) is 26.9 Å². The second-order valence-corrected chi connectivity index (χ2v) is 5.99. The van der Waals surface area contributed by atoms with E-state index in [-0.39, 0.29) is 5.78 Å². The lowest BCUT2D eigenvalue weighted by Crippen LogP contribution is -2.05. The Morgan fingerprint density at radius 2 is 1.80 bits per heavy atom. The van der Waals surface area contributed by atoms with E-state index < -0.39 is 0 Å². The summed E-state index contributed by atoms with van der Waals surface area (Å²) in [4.78, 5) is 12.6. The molecular formula is C15H11BrCl2O2. The predicted molar refractivity (Wildman–Crippen MR) is 85.3 cm³/mol. The lowest BCUT2D eigenvalue weighted by Gasteiger charge is -2.10. The third-order valence-corrected chi connectivity index (χ3v) is 4.02. The van der Waals surface area contributed by atoms with Gasteiger partial charge in [-0.2, -0.15) is 0 Å². The molecule has 2 aromatic rings. The first-order valence-corrected chi connectivity index (χ1v) is 7.33. The van der Waals surface area contributed by atoms with Gasteiger partial charge < -0.3 is 4.74 Å². The van der Waals surface area contributed by atoms with Crippen LogP contribution in [-0.4, -0.2) is 12.9 Å². The van der Waals surface area contributed by atoms with Gasteiger partial charge in [0.1, 0.15) is 5.75 Å². The van der Waals surface area contributed by atoms with E-state index in [2.05, 4.69) is 15.9 Å². The van der Waals surface area contributed by atoms with Crippen LogP contribution in [0.25, 0.3) is 0 Å². The van der Waals surface area contributed by atoms with E-state index in [0.717, 1.165) is 10.0 Å². The number of hydrogen-bond acceptors (Lipinski definition) is 2. The van der Waals surface area contributed by atoms with Crippen molar-refractivity contribution in [3.63, 3.8) is 0 Å². The third kappa shape index (κ3) is 3.00. The summed E-state index contributed by atoms with van der Waals surface area (Å²) in [6, 6.07) is 8.54. The molecule has 2 aromatic carbocycles. The molecular weight excluding hydrogens is 363 g/mol. The van der Waals surface area contributed by atoms with Crippen molar-refractivity contribution in [2.75, 3.05) is 7.11 Å². The smallest absolute Gasteiger partial charge is 0.194 e. The summed E-state index contributed by atoms with van der Waals surface area (Å²) in [5.74, 6) is 0.283. The summed E-state index contributed by atoms with van der Waals surface area (Å²) >= 11 is 15.6. The Morgan fingerprint density at radius 3 is 2.40 bits per heavy atom. The molecule has 0 bridgehead atoms. The lowest BCUT2D eigenvalue weighted by molar-refractivity contribution is 0.103. The highest BCUT2D eigenvalue weighted by Gasteiger charge is 2.17. The second-order valence-electron chi connectivity index (χ2n) is 4.25. The standard InChI is InChI=1S/C15H11BrCl2O2/c1-8-5-9(16)3-4-10(8)15(19)11-6-13(18)14(20-2)7-12(11)17/h3-7H,1-2H3. The number of rotatable bonds is 3. The number of aryl methyl sites for hydroxylation is 1. The molecule has 0 radical (unpaired) electrons. The molecule has 0 N–H and O–H groups in total. The fraction of sp³-hybridized carbons (Fsp3) is 0.133. The molecule has 0 heterocycles. The van der Waals surface area contributed by atoms with Crippen molar-refractivity contribution in [1.82, 2.24) is 0 Å². The molecule has 0 atom stereocenters. The zero-order chi connectivity index (χ0) is 14.9. The fourth-order valence-electron chi connectivity index (χ4n) is 1.89. The Bertz CT molecular complexity index is 684. The van der Waals surface area contributed by atoms with Gasteiger partial charge in [-0.05, 0) is 36.8 Å². The van der Waals surface area contributed by atoms with Gasteiger partial charge in [0, 0.05) is 21.7 Å². The summed E-state index contributed by atoms with van der Waals surface area (Å²) < 4.78 is 5.99. The maximum absolute atomic E-state index is 12.6. The number of carbonyl (C=O) groups excluding carboxylic acids is 1. The molecule has 2 nitrogen and oxygen atoms in total. The van der Waals surface area contributed by atoms with Crippen LogP contribution in [0.2, 0.25) is 10.0 Å². The number of halogens is 3. The minimum Gasteiger partial charge on any atom is -0.495 e. The Balaban J connectivity index is 2.51. The SMILES string of the molecule is COc1cc(Cl)c(C(=O)c2ccc(Br)cc2C)cc1Cl. The van der Waals surface area contributed by atoms with E-state index in [9.17, 15) is 4.79 Å². The highest BCUT2D eigenvalue weighted by Crippen LogP contribution is 2.32. The molecule has 0 fully saturated rings. The summed E-state index contributed by atoms with van der Waals surface area (Å²) in [7, 11) is 1.50. The first-order valence-electron chi connectivity index (χ1n) is 5.78. The molecule has 0 aliphatic carbocycles. The molecule has 0 amide bonds. The predicted octanol–water partition coefficient (Wildman–Crippen LogP) is 5.30. The van der Waals surface area contributed by atoms with Gasteiger partial charge in [0.05, 0.1) is 17.2 Å². The Kier molecular flexibility index (Phi) is 4.74. The molecule has 104 valence electrons. The van der Waals surface area contributed by atoms with Crippen molar-refractivity contribution >= 4 is 44.9 Å². The van der Waals surface area contributed by atoms with Crippen LogP contribution in [0.5, 0.6) is 5.75 Å². The molecule has 0 aromatic heterocycles. The van der Waals surface area contributed by atoms with Crippen LogP contribution in [-0.2, 0) is 0 Å². The van der Waals surface area contributed by atoms with Crippen molar-refractivity contribution in [3.05, 3.63) is 61.5 Å². The van der Waals surface area contributed by atoms with Crippen LogP contribution in [0.1, 0.15) is 21.5 Å². The maximum atomic E-state index is 12.6. The average Bonchev–Trinajstić information content (AvgIpc) is 2.40. The topological polar surface area (TPSA) is 26.3 Å². The van der Waals surface area contributed by atoms with Crippen LogP contribution >= 0.6 is 39.1 Å². The van der Waals surface area contributed by atoms with E-state index in [1.807, 2.05) is 19.1 Å². The van der Waals surface area contributed by atoms with Crippen molar-refractivity contribution in [3.8, 4) is 5.75 Å². The van der Waals surface area contributed by atoms with Crippen LogP contribution in [0.15, 0.2) is 34.8 Å². The maximum Gasteiger partial charge on any atom is 0.194 e. The number of ketones is 1. The van der Waals surface area contributed by atoms with Gasteiger partial charge in [-0.15, -0.1) is 0 Å². The zero-order valence-corrected chi connectivity index (χ0v) is 13.9. The van der Waals surface area contributed by atoms with E-state index in [4.69, 9.17) is 27.9 Å². The number of methoxy groups -OCH3 is 1. The lowest BCUT2D eigenvalue weighted by atomic mass is 9.99. The van der Waals surface area contributed by atoms with Gasteiger partial charge in [0.25, 0.3) is 0 Å². The van der Waals surface area contributed by atoms with Gasteiger partial charge >= 0.3 is 0 Å². The Morgan fingerprint density at radius 1 is 1.10 bits per heavy atom. The molecule has 0 saturated carbocycles. The van der Waals surface area contributed by atoms with Gasteiger partial charge in [0.2, 0.25) is 0 Å². The summed E-state index contributed by atoms with van der Waals surface area (Å²) in [5, 5.41) is 0.675. The highest BCUT2D eigenvalue weighted by molar-refractivity contribution is 9.10. The van der Waals surface area contributed by atoms with Crippen LogP contribution in [0.3, 0.4) is 0 Å². The number of carbonyl (C=O) groups is 1. The molecule has 5 heteroatoms. The third-order valence-electron chi connectivity index (χ3n) is 2.92. The van der Waals surface area contributed by atoms with Crippen LogP contribution in [0.4, 0.5) is 0 Å². The molecule has 0 saturated heterocycles. The van der Waals surface area contributed by atoms with Crippen molar-refractivity contribution in [2.24, 2.45) is 0 Å². The highest BCUT2D eigenvalue weighted by atomic mass is 79.9. The van der Waals surface area contributed by atoms with Gasteiger partial charge in [-0.3, -0.25) is 4.79 Å². The second kappa shape index (κ2) is 6.17. The molecule has 0 aliphatic rings. The Labute approximate surface area is 135 Å². The average molecular weight is 374 g/mol. The number of benzene rings is 2. The molecule has 20 heavy (non-hydrogen) atoms. The van der Waals surface area contributed by atoms with Crippen molar-refractivity contribution in [2.45, 2.75) is 6.92 Å². The first kappa shape index (κ1) is 15.4. The van der Waals surface area contributed by atoms with Crippen LogP contribution in [0, 0.1) is 6.92 Å². The summed E-state index contributed by atoms with van der Waals surface area (Å²) in [6.45, 7) is 1.87. The monoisotopic (exact) mass is 372 g/mol. The zero-order valence-electron chi connectivity index (χ0n) is 10.8. The van der Waals surface area contributed by atoms with E-state index in [1.165, 1.54) is 13.2 Å². The molecule has 0 spiro atoms. The quantitative estimate of drug-likeness (QED) is 0.682. The van der Waals surface area contributed by atoms with Gasteiger partial charge in [0.15, 0.2) is 5.78 Å². The van der Waals surface area contributed by atoms with Gasteiger partial charge in [-0.1, -0.05) is 39.1 Å². The molecule has 0 aliphatic heterocycles. The van der Waals surface area contributed by atoms with Crippen molar-refractivity contribution < 1.29 is 9.53 Å². The van der Waals surface area contributed by atoms with Crippen molar-refractivity contribution in [1.29, 1.82) is 0 Å². The normalized spacial score (nSPS) is 10.4. The Hall–Kier alpha value is -1.03. The molecule has 2 rings (SSSR count). The van der Waals surface area contributed by atoms with Crippen LogP contribution < -0.4 is 4.74 Å². The first-order chi connectivity index (χ1) is 9.43. The van der Waals surface area contributed by atoms with E-state index >= 15 is 0 Å². The molecule has 0 unspecified atom stereocenters. The largest absolute Gasteiger partial charge is 0.495 e. The summed E-state index contributed by atoms with van der Waals surface area (Å²) in [6.07, 6.45) is 0. The summed E-state index contributed by atoms with van der Waals surface area (Å²) in [5.41, 5.74) is 1.83.